The number of rotatable bonds is 6. The van der Waals surface area contributed by atoms with Gasteiger partial charge in [0.15, 0.2) is 0 Å². The van der Waals surface area contributed by atoms with Crippen molar-refractivity contribution in [1.82, 2.24) is 10.2 Å². The van der Waals surface area contributed by atoms with E-state index in [0.717, 1.165) is 42.4 Å². The Hall–Kier alpha value is -1.73. The Bertz CT molecular complexity index is 933. The largest absolute Gasteiger partial charge is 0.340 e. The van der Waals surface area contributed by atoms with E-state index in [-0.39, 0.29) is 16.5 Å². The van der Waals surface area contributed by atoms with Gasteiger partial charge < -0.3 is 10.6 Å². The van der Waals surface area contributed by atoms with Crippen molar-refractivity contribution in [2.24, 2.45) is 0 Å². The summed E-state index contributed by atoms with van der Waals surface area (Å²) in [4.78, 5) is 27.6. The highest BCUT2D eigenvalue weighted by Crippen LogP contribution is 2.26. The third kappa shape index (κ3) is 5.70. The summed E-state index contributed by atoms with van der Waals surface area (Å²) in [6.45, 7) is 6.68. The fourth-order valence-corrected chi connectivity index (χ4v) is 4.62. The third-order valence-electron chi connectivity index (χ3n) is 5.14. The van der Waals surface area contributed by atoms with Gasteiger partial charge >= 0.3 is 0 Å². The van der Waals surface area contributed by atoms with E-state index in [2.05, 4.69) is 21.6 Å². The number of anilines is 1. The van der Waals surface area contributed by atoms with Crippen LogP contribution in [0, 0.1) is 6.92 Å². The van der Waals surface area contributed by atoms with E-state index in [0.29, 0.717) is 5.02 Å². The van der Waals surface area contributed by atoms with Crippen LogP contribution in [0.1, 0.15) is 28.4 Å². The van der Waals surface area contributed by atoms with Gasteiger partial charge in [0.05, 0.1) is 15.6 Å². The molecule has 0 radical (unpaired) electrons. The predicted octanol–water partition coefficient (Wildman–Crippen LogP) is 4.61. The number of carbonyl (C=O) groups excluding carboxylic acids is 2. The van der Waals surface area contributed by atoms with Crippen molar-refractivity contribution in [1.29, 1.82) is 0 Å². The van der Waals surface area contributed by atoms with Crippen LogP contribution in [-0.4, -0.2) is 47.4 Å². The number of benzene rings is 2. The van der Waals surface area contributed by atoms with Crippen LogP contribution < -0.4 is 10.6 Å². The molecule has 1 unspecified atom stereocenters. The van der Waals surface area contributed by atoms with Crippen molar-refractivity contribution < 1.29 is 9.59 Å². The number of hydrogen-bond donors (Lipinski definition) is 2. The van der Waals surface area contributed by atoms with Crippen LogP contribution in [0.5, 0.6) is 0 Å². The molecule has 3 rings (SSSR count). The molecule has 1 aliphatic rings. The van der Waals surface area contributed by atoms with Gasteiger partial charge in [-0.25, -0.2) is 0 Å². The molecule has 2 N–H and O–H groups in total. The predicted molar refractivity (Wildman–Crippen MR) is 126 cm³/mol. The highest BCUT2D eigenvalue weighted by atomic mass is 35.5. The minimum Gasteiger partial charge on any atom is -0.340 e. The van der Waals surface area contributed by atoms with Crippen molar-refractivity contribution in [3.63, 3.8) is 0 Å². The zero-order valence-electron chi connectivity index (χ0n) is 17.0. The van der Waals surface area contributed by atoms with Crippen molar-refractivity contribution in [2.75, 3.05) is 29.9 Å². The van der Waals surface area contributed by atoms with Gasteiger partial charge in [-0.15, -0.1) is 0 Å². The zero-order valence-corrected chi connectivity index (χ0v) is 19.3. The molecule has 1 atom stereocenters. The van der Waals surface area contributed by atoms with Gasteiger partial charge in [0.1, 0.15) is 6.04 Å². The number of carbonyl (C=O) groups is 2. The second-order valence-corrected chi connectivity index (χ2v) is 9.27. The lowest BCUT2D eigenvalue weighted by Crippen LogP contribution is -2.41. The van der Waals surface area contributed by atoms with E-state index in [4.69, 9.17) is 23.2 Å². The van der Waals surface area contributed by atoms with Crippen molar-refractivity contribution in [3.8, 4) is 0 Å². The maximum atomic E-state index is 12.7. The Morgan fingerprint density at radius 3 is 2.57 bits per heavy atom. The molecular weight excluding hydrogens is 441 g/mol. The Balaban J connectivity index is 1.64. The minimum absolute atomic E-state index is 0.170. The zero-order chi connectivity index (χ0) is 21.7. The van der Waals surface area contributed by atoms with Crippen LogP contribution in [0.3, 0.4) is 0 Å². The smallest absolute Gasteiger partial charge is 0.253 e. The topological polar surface area (TPSA) is 61.4 Å². The average Bonchev–Trinajstić information content (AvgIpc) is 2.73. The van der Waals surface area contributed by atoms with E-state index in [1.807, 2.05) is 30.8 Å². The number of halogens is 2. The Labute approximate surface area is 191 Å². The number of amides is 2. The first-order valence-electron chi connectivity index (χ1n) is 9.81. The Morgan fingerprint density at radius 2 is 1.83 bits per heavy atom. The lowest BCUT2D eigenvalue weighted by Gasteiger charge is -2.27. The fourth-order valence-electron chi connectivity index (χ4n) is 3.25. The standard InChI is InChI=1S/C22H25Cl2N3O2S/c1-14-16(13-27-9-11-30-12-10-27)5-3-8-19(14)26-21(28)15(2)25-22(29)17-6-4-7-18(23)20(17)24/h3-8,15H,9-13H2,1-2H3,(H,25,29)(H,26,28). The normalized spacial score (nSPS) is 15.5. The van der Waals surface area contributed by atoms with Gasteiger partial charge in [-0.05, 0) is 43.2 Å². The Morgan fingerprint density at radius 1 is 1.13 bits per heavy atom. The van der Waals surface area contributed by atoms with Crippen LogP contribution in [-0.2, 0) is 11.3 Å². The van der Waals surface area contributed by atoms with Crippen LogP contribution >= 0.6 is 35.0 Å². The monoisotopic (exact) mass is 465 g/mol. The SMILES string of the molecule is Cc1c(CN2CCSCC2)cccc1NC(=O)C(C)NC(=O)c1cccc(Cl)c1Cl. The Kier molecular flexibility index (Phi) is 8.06. The summed E-state index contributed by atoms with van der Waals surface area (Å²) in [7, 11) is 0. The molecule has 1 heterocycles. The van der Waals surface area contributed by atoms with E-state index in [1.54, 1.807) is 25.1 Å². The van der Waals surface area contributed by atoms with Crippen LogP contribution in [0.15, 0.2) is 36.4 Å². The van der Waals surface area contributed by atoms with Gasteiger partial charge in [-0.1, -0.05) is 41.4 Å². The molecule has 0 bridgehead atoms. The summed E-state index contributed by atoms with van der Waals surface area (Å²) in [5.74, 6) is 1.57. The van der Waals surface area contributed by atoms with Gasteiger partial charge in [0.2, 0.25) is 5.91 Å². The molecule has 2 aromatic carbocycles. The van der Waals surface area contributed by atoms with Crippen LogP contribution in [0.25, 0.3) is 0 Å². The van der Waals surface area contributed by atoms with E-state index in [9.17, 15) is 9.59 Å². The van der Waals surface area contributed by atoms with Crippen LogP contribution in [0.4, 0.5) is 5.69 Å². The number of hydrogen-bond acceptors (Lipinski definition) is 4. The second-order valence-electron chi connectivity index (χ2n) is 7.26. The summed E-state index contributed by atoms with van der Waals surface area (Å²) in [6.07, 6.45) is 0. The molecule has 0 aliphatic carbocycles. The molecular formula is C22H25Cl2N3O2S. The van der Waals surface area contributed by atoms with Crippen molar-refractivity contribution >= 4 is 52.5 Å². The van der Waals surface area contributed by atoms with Gasteiger partial charge in [0, 0.05) is 36.8 Å². The highest BCUT2D eigenvalue weighted by molar-refractivity contribution is 7.99. The summed E-state index contributed by atoms with van der Waals surface area (Å²) < 4.78 is 0. The summed E-state index contributed by atoms with van der Waals surface area (Å²) in [5.41, 5.74) is 3.23. The summed E-state index contributed by atoms with van der Waals surface area (Å²) in [6, 6.07) is 10.0. The van der Waals surface area contributed by atoms with Gasteiger partial charge in [0.25, 0.3) is 5.91 Å². The van der Waals surface area contributed by atoms with Gasteiger partial charge in [-0.3, -0.25) is 14.5 Å². The molecule has 1 fully saturated rings. The average molecular weight is 466 g/mol. The second kappa shape index (κ2) is 10.5. The molecule has 8 heteroatoms. The quantitative estimate of drug-likeness (QED) is 0.653. The highest BCUT2D eigenvalue weighted by Gasteiger charge is 2.20. The summed E-state index contributed by atoms with van der Waals surface area (Å²) in [5, 5.41) is 6.08. The molecule has 1 saturated heterocycles. The molecule has 0 aromatic heterocycles. The number of nitrogens with one attached hydrogen (secondary N) is 2. The minimum atomic E-state index is -0.741. The summed E-state index contributed by atoms with van der Waals surface area (Å²) >= 11 is 14.1. The van der Waals surface area contributed by atoms with E-state index < -0.39 is 11.9 Å². The maximum Gasteiger partial charge on any atom is 0.253 e. The van der Waals surface area contributed by atoms with Gasteiger partial charge in [-0.2, -0.15) is 11.8 Å². The lowest BCUT2D eigenvalue weighted by atomic mass is 10.1. The molecule has 160 valence electrons. The van der Waals surface area contributed by atoms with Crippen molar-refractivity contribution in [3.05, 3.63) is 63.1 Å². The van der Waals surface area contributed by atoms with E-state index >= 15 is 0 Å². The van der Waals surface area contributed by atoms with Crippen molar-refractivity contribution in [2.45, 2.75) is 26.4 Å². The molecule has 0 saturated carbocycles. The molecule has 2 aromatic rings. The third-order valence-corrected chi connectivity index (χ3v) is 6.90. The first kappa shape index (κ1) is 22.9. The lowest BCUT2D eigenvalue weighted by molar-refractivity contribution is -0.117. The first-order valence-corrected chi connectivity index (χ1v) is 11.7. The number of nitrogens with zero attached hydrogens (tertiary/aromatic N) is 1. The molecule has 5 nitrogen and oxygen atoms in total. The maximum absolute atomic E-state index is 12.7. The molecule has 1 aliphatic heterocycles. The van der Waals surface area contributed by atoms with Crippen LogP contribution in [0.2, 0.25) is 10.0 Å². The first-order chi connectivity index (χ1) is 14.4. The molecule has 30 heavy (non-hydrogen) atoms. The molecule has 2 amide bonds. The molecule has 0 spiro atoms. The fraction of sp³-hybridized carbons (Fsp3) is 0.364. The van der Waals surface area contributed by atoms with E-state index in [1.165, 1.54) is 5.56 Å². The number of thioether (sulfide) groups is 1.